The molecule has 0 aliphatic carbocycles. The number of hydrogen-bond acceptors (Lipinski definition) is 6. The number of nitrogens with one attached hydrogen (secondary N) is 1. The normalized spacial score (nSPS) is 10.6. The monoisotopic (exact) mass is 470 g/mol. The van der Waals surface area contributed by atoms with E-state index in [0.29, 0.717) is 23.5 Å². The van der Waals surface area contributed by atoms with Crippen LogP contribution in [-0.4, -0.2) is 27.6 Å². The lowest BCUT2D eigenvalue weighted by Gasteiger charge is -2.13. The lowest BCUT2D eigenvalue weighted by atomic mass is 10.2. The van der Waals surface area contributed by atoms with Crippen LogP contribution in [0.15, 0.2) is 34.4 Å². The molecule has 2 aromatic heterocycles. The van der Waals surface area contributed by atoms with Gasteiger partial charge in [-0.2, -0.15) is 5.26 Å². The Bertz CT molecular complexity index is 1280. The number of anilines is 1. The van der Waals surface area contributed by atoms with Crippen molar-refractivity contribution in [1.29, 1.82) is 5.26 Å². The van der Waals surface area contributed by atoms with Gasteiger partial charge >= 0.3 is 10.8 Å². The van der Waals surface area contributed by atoms with Gasteiger partial charge in [-0.1, -0.05) is 23.5 Å². The number of rotatable bonds is 8. The molecule has 0 aliphatic rings. The molecule has 2 heterocycles. The third-order valence-corrected chi connectivity index (χ3v) is 6.21. The second-order valence-electron chi connectivity index (χ2n) is 7.51. The first-order valence-corrected chi connectivity index (χ1v) is 11.0. The maximum absolute atomic E-state index is 13.2. The number of halogens is 1. The minimum atomic E-state index is -0.614. The summed E-state index contributed by atoms with van der Waals surface area (Å²) in [5.74, 6) is -1.27. The van der Waals surface area contributed by atoms with Gasteiger partial charge in [0.2, 0.25) is 0 Å². The summed E-state index contributed by atoms with van der Waals surface area (Å²) in [5, 5.41) is 14.0. The largest absolute Gasteiger partial charge is 0.456 e. The number of benzene rings is 1. The number of carbonyl (C=O) groups is 2. The van der Waals surface area contributed by atoms with E-state index in [9.17, 15) is 24.0 Å². The molecule has 33 heavy (non-hydrogen) atoms. The number of nitriles is 1. The highest BCUT2D eigenvalue weighted by Crippen LogP contribution is 2.27. The van der Waals surface area contributed by atoms with Crippen molar-refractivity contribution in [3.05, 3.63) is 73.2 Å². The van der Waals surface area contributed by atoms with Crippen molar-refractivity contribution < 1.29 is 18.7 Å². The Kier molecular flexibility index (Phi) is 7.45. The Balaban J connectivity index is 1.66. The number of thiazole rings is 1. The summed E-state index contributed by atoms with van der Waals surface area (Å²) in [7, 11) is 0. The highest BCUT2D eigenvalue weighted by atomic mass is 32.1. The van der Waals surface area contributed by atoms with Crippen LogP contribution in [0.3, 0.4) is 0 Å². The van der Waals surface area contributed by atoms with Crippen molar-refractivity contribution in [2.75, 3.05) is 11.9 Å². The molecule has 0 radical (unpaired) electrons. The smallest absolute Gasteiger partial charge is 0.308 e. The fraction of sp³-hybridized carbons (Fsp3) is 0.304. The van der Waals surface area contributed by atoms with Crippen LogP contribution >= 0.6 is 11.3 Å². The zero-order chi connectivity index (χ0) is 24.1. The van der Waals surface area contributed by atoms with Crippen LogP contribution in [0, 0.1) is 37.9 Å². The Hall–Kier alpha value is -3.71. The molecule has 0 spiro atoms. The number of amides is 1. The summed E-state index contributed by atoms with van der Waals surface area (Å²) >= 11 is 1.06. The predicted octanol–water partition coefficient (Wildman–Crippen LogP) is 3.27. The zero-order valence-electron chi connectivity index (χ0n) is 18.5. The number of aromatic nitrogens is 2. The first-order chi connectivity index (χ1) is 15.7. The van der Waals surface area contributed by atoms with Crippen molar-refractivity contribution >= 4 is 29.0 Å². The molecule has 172 valence electrons. The van der Waals surface area contributed by atoms with Gasteiger partial charge in [-0.05, 0) is 44.0 Å². The highest BCUT2D eigenvalue weighted by Gasteiger charge is 2.20. The molecular formula is C23H23FN4O4S. The van der Waals surface area contributed by atoms with Gasteiger partial charge in [-0.3, -0.25) is 14.4 Å². The number of ether oxygens (including phenoxy) is 1. The van der Waals surface area contributed by atoms with Gasteiger partial charge in [0.25, 0.3) is 5.91 Å². The van der Waals surface area contributed by atoms with Gasteiger partial charge in [0.1, 0.15) is 17.7 Å². The summed E-state index contributed by atoms with van der Waals surface area (Å²) in [6.45, 7) is 5.34. The van der Waals surface area contributed by atoms with Crippen LogP contribution in [0.2, 0.25) is 0 Å². The van der Waals surface area contributed by atoms with Gasteiger partial charge < -0.3 is 19.2 Å². The molecule has 0 aliphatic heterocycles. The third kappa shape index (κ3) is 5.56. The number of esters is 1. The van der Waals surface area contributed by atoms with Crippen molar-refractivity contribution in [2.24, 2.45) is 0 Å². The molecule has 3 rings (SSSR count). The standard InChI is InChI=1S/C23H23FN4O4S/c1-14-13-33-23(31)27(14)9-8-21(30)32-12-20(29)26-22-19(10-25)15(2)16(3)28(22)11-17-4-6-18(24)7-5-17/h4-7,13H,8-9,11-12H2,1-3H3,(H,26,29). The first-order valence-electron chi connectivity index (χ1n) is 10.2. The molecule has 1 N–H and O–H groups in total. The number of hydrogen-bond donors (Lipinski definition) is 1. The van der Waals surface area contributed by atoms with Crippen LogP contribution in [-0.2, 0) is 27.4 Å². The fourth-order valence-electron chi connectivity index (χ4n) is 3.36. The molecule has 1 aromatic carbocycles. The maximum Gasteiger partial charge on any atom is 0.308 e. The Labute approximate surface area is 193 Å². The molecule has 0 bridgehead atoms. The molecule has 0 saturated carbocycles. The van der Waals surface area contributed by atoms with E-state index in [1.807, 2.05) is 6.92 Å². The Morgan fingerprint density at radius 1 is 1.18 bits per heavy atom. The van der Waals surface area contributed by atoms with E-state index >= 15 is 0 Å². The van der Waals surface area contributed by atoms with E-state index < -0.39 is 18.5 Å². The van der Waals surface area contributed by atoms with Gasteiger partial charge in [0.15, 0.2) is 6.61 Å². The van der Waals surface area contributed by atoms with Crippen molar-refractivity contribution in [3.8, 4) is 6.07 Å². The van der Waals surface area contributed by atoms with Gasteiger partial charge in [0.05, 0.1) is 12.0 Å². The molecular weight excluding hydrogens is 447 g/mol. The third-order valence-electron chi connectivity index (χ3n) is 5.33. The van der Waals surface area contributed by atoms with E-state index in [2.05, 4.69) is 11.4 Å². The summed E-state index contributed by atoms with van der Waals surface area (Å²) in [6.07, 6.45) is -0.0482. The fourth-order valence-corrected chi connectivity index (χ4v) is 4.13. The Morgan fingerprint density at radius 3 is 2.48 bits per heavy atom. The Morgan fingerprint density at radius 2 is 1.88 bits per heavy atom. The van der Waals surface area contributed by atoms with Gasteiger partial charge in [-0.25, -0.2) is 4.39 Å². The lowest BCUT2D eigenvalue weighted by Crippen LogP contribution is -2.24. The van der Waals surface area contributed by atoms with Crippen LogP contribution in [0.25, 0.3) is 0 Å². The van der Waals surface area contributed by atoms with E-state index in [4.69, 9.17) is 4.74 Å². The molecule has 1 amide bonds. The van der Waals surface area contributed by atoms with Crippen LogP contribution < -0.4 is 10.2 Å². The van der Waals surface area contributed by atoms with Crippen molar-refractivity contribution in [1.82, 2.24) is 9.13 Å². The zero-order valence-corrected chi connectivity index (χ0v) is 19.3. The highest BCUT2D eigenvalue weighted by molar-refractivity contribution is 7.07. The lowest BCUT2D eigenvalue weighted by molar-refractivity contribution is -0.147. The number of aryl methyl sites for hydroxylation is 1. The molecule has 10 heteroatoms. The molecule has 0 unspecified atom stereocenters. The number of carbonyl (C=O) groups excluding carboxylic acids is 2. The predicted molar refractivity (Wildman–Crippen MR) is 122 cm³/mol. The van der Waals surface area contributed by atoms with Crippen LogP contribution in [0.4, 0.5) is 10.2 Å². The van der Waals surface area contributed by atoms with E-state index in [1.54, 1.807) is 35.9 Å². The van der Waals surface area contributed by atoms with E-state index in [-0.39, 0.29) is 23.7 Å². The topological polar surface area (TPSA) is 106 Å². The summed E-state index contributed by atoms with van der Waals surface area (Å²) < 4.78 is 21.5. The SMILES string of the molecule is Cc1c(C#N)c(NC(=O)COC(=O)CCn2c(C)csc2=O)n(Cc2ccc(F)cc2)c1C. The molecule has 0 atom stereocenters. The molecule has 0 fully saturated rings. The second kappa shape index (κ2) is 10.3. The van der Waals surface area contributed by atoms with Gasteiger partial charge in [0, 0.05) is 29.9 Å². The molecule has 0 saturated heterocycles. The van der Waals surface area contributed by atoms with Crippen molar-refractivity contribution in [3.63, 3.8) is 0 Å². The van der Waals surface area contributed by atoms with E-state index in [0.717, 1.165) is 28.3 Å². The average Bonchev–Trinajstić information content (AvgIpc) is 3.22. The molecule has 3 aromatic rings. The average molecular weight is 471 g/mol. The maximum atomic E-state index is 13.2. The quantitative estimate of drug-likeness (QED) is 0.509. The minimum Gasteiger partial charge on any atom is -0.456 e. The summed E-state index contributed by atoms with van der Waals surface area (Å²) in [5.41, 5.74) is 3.34. The van der Waals surface area contributed by atoms with E-state index in [1.165, 1.54) is 16.7 Å². The van der Waals surface area contributed by atoms with Crippen LogP contribution in [0.1, 0.15) is 34.5 Å². The summed E-state index contributed by atoms with van der Waals surface area (Å²) in [6, 6.07) is 8.05. The number of nitrogens with zero attached hydrogens (tertiary/aromatic N) is 3. The first kappa shape index (κ1) is 23.9. The molecule has 8 nitrogen and oxygen atoms in total. The summed E-state index contributed by atoms with van der Waals surface area (Å²) in [4.78, 5) is 36.1. The van der Waals surface area contributed by atoms with Gasteiger partial charge in [-0.15, -0.1) is 0 Å². The minimum absolute atomic E-state index is 0.0482. The van der Waals surface area contributed by atoms with Crippen molar-refractivity contribution in [2.45, 2.75) is 40.3 Å². The second-order valence-corrected chi connectivity index (χ2v) is 8.33. The van der Waals surface area contributed by atoms with Crippen LogP contribution in [0.5, 0.6) is 0 Å².